The highest BCUT2D eigenvalue weighted by atomic mass is 31.2. The molecule has 2 aromatic rings. The van der Waals surface area contributed by atoms with E-state index in [-0.39, 0.29) is 31.5 Å². The van der Waals surface area contributed by atoms with Crippen molar-refractivity contribution in [3.8, 4) is 0 Å². The van der Waals surface area contributed by atoms with E-state index in [1.54, 1.807) is 4.57 Å². The van der Waals surface area contributed by atoms with Gasteiger partial charge >= 0.3 is 7.60 Å². The molecule has 0 aliphatic rings. The Bertz CT molecular complexity index is 1010. The summed E-state index contributed by atoms with van der Waals surface area (Å²) in [5, 5.41) is 9.68. The highest BCUT2D eigenvalue weighted by molar-refractivity contribution is 7.52. The van der Waals surface area contributed by atoms with Crippen molar-refractivity contribution < 1.29 is 28.6 Å². The van der Waals surface area contributed by atoms with Gasteiger partial charge in [0.05, 0.1) is 32.2 Å². The Balaban J connectivity index is 1.44. The van der Waals surface area contributed by atoms with E-state index in [1.807, 2.05) is 0 Å². The maximum atomic E-state index is 12.3. The van der Waals surface area contributed by atoms with E-state index in [0.29, 0.717) is 30.8 Å². The van der Waals surface area contributed by atoms with E-state index < -0.39 is 20.0 Å². The molecule has 0 fully saturated rings. The van der Waals surface area contributed by atoms with Crippen LogP contribution < -0.4 is 11.5 Å². The Labute approximate surface area is 245 Å². The highest BCUT2D eigenvalue weighted by Gasteiger charge is 2.23. The average Bonchev–Trinajstić information content (AvgIpc) is 3.34. The third-order valence-corrected chi connectivity index (χ3v) is 8.02. The first-order valence-electron chi connectivity index (χ1n) is 15.4. The van der Waals surface area contributed by atoms with E-state index in [9.17, 15) is 14.6 Å². The Morgan fingerprint density at radius 3 is 2.07 bits per heavy atom. The van der Waals surface area contributed by atoms with Gasteiger partial charge in [-0.2, -0.15) is 9.97 Å². The molecule has 0 saturated carbocycles. The standard InChI is InChI=1S/C28H53N6O6P/c1-2-3-4-5-6-7-8-9-10-11-12-13-14-15-17-38-18-16-19-40-41(36,37)23-39-24(21-35)20-34-22-31-25-26(29)32-28(30)33-27(25)34/h22,24,35H,2-21,23H2,1H3,(H,36,37)(H4,29,30,32,33)/t24-/m0/s1. The SMILES string of the molecule is CCCCCCCCCCCCCCCCOCCCOP(=O)(O)CO[C@H](CO)Cn1cnc2c(N)nc(N)nc21. The number of unbranched alkanes of at least 4 members (excludes halogenated alkanes) is 13. The zero-order chi connectivity index (χ0) is 29.8. The second-order valence-electron chi connectivity index (χ2n) is 10.7. The molecule has 2 rings (SSSR count). The Kier molecular flexibility index (Phi) is 18.1. The van der Waals surface area contributed by atoms with Gasteiger partial charge in [-0.15, -0.1) is 0 Å². The van der Waals surface area contributed by atoms with Crippen molar-refractivity contribution in [1.29, 1.82) is 0 Å². The van der Waals surface area contributed by atoms with Gasteiger partial charge < -0.3 is 40.0 Å². The summed E-state index contributed by atoms with van der Waals surface area (Å²) >= 11 is 0. The molecule has 2 aromatic heterocycles. The van der Waals surface area contributed by atoms with Gasteiger partial charge in [-0.05, 0) is 12.8 Å². The Hall–Kier alpha value is -1.82. The van der Waals surface area contributed by atoms with Gasteiger partial charge in [0.2, 0.25) is 5.95 Å². The molecule has 0 spiro atoms. The van der Waals surface area contributed by atoms with Gasteiger partial charge in [-0.25, -0.2) is 4.98 Å². The van der Waals surface area contributed by atoms with Gasteiger partial charge in [0, 0.05) is 13.2 Å². The quantitative estimate of drug-likeness (QED) is 0.0800. The number of fused-ring (bicyclic) bond motifs is 1. The van der Waals surface area contributed by atoms with Gasteiger partial charge in [0.15, 0.2) is 11.5 Å². The van der Waals surface area contributed by atoms with Crippen LogP contribution in [0.15, 0.2) is 6.33 Å². The van der Waals surface area contributed by atoms with E-state index in [4.69, 9.17) is 25.5 Å². The van der Waals surface area contributed by atoms with Crippen LogP contribution in [0.4, 0.5) is 11.8 Å². The number of imidazole rings is 1. The largest absolute Gasteiger partial charge is 0.394 e. The number of nitrogens with two attached hydrogens (primary N) is 2. The fourth-order valence-corrected chi connectivity index (χ4v) is 5.49. The molecule has 0 saturated heterocycles. The smallest absolute Gasteiger partial charge is 0.353 e. The molecule has 13 heteroatoms. The minimum absolute atomic E-state index is 0.00459. The van der Waals surface area contributed by atoms with Crippen molar-refractivity contribution in [2.45, 2.75) is 116 Å². The van der Waals surface area contributed by atoms with Crippen LogP contribution in [0.25, 0.3) is 11.2 Å². The third kappa shape index (κ3) is 15.3. The van der Waals surface area contributed by atoms with E-state index >= 15 is 0 Å². The first-order chi connectivity index (χ1) is 19.9. The van der Waals surface area contributed by atoms with Crippen molar-refractivity contribution in [3.63, 3.8) is 0 Å². The molecule has 0 radical (unpaired) electrons. The number of aliphatic hydroxyl groups is 1. The van der Waals surface area contributed by atoms with Crippen LogP contribution in [0, 0.1) is 0 Å². The van der Waals surface area contributed by atoms with Crippen LogP contribution in [-0.4, -0.2) is 68.4 Å². The maximum Gasteiger partial charge on any atom is 0.353 e. The van der Waals surface area contributed by atoms with Gasteiger partial charge in [-0.3, -0.25) is 4.57 Å². The minimum Gasteiger partial charge on any atom is -0.394 e. The number of rotatable bonds is 26. The second-order valence-corrected chi connectivity index (χ2v) is 12.5. The van der Waals surface area contributed by atoms with Crippen LogP contribution in [0.1, 0.15) is 103 Å². The molecular weight excluding hydrogens is 547 g/mol. The highest BCUT2D eigenvalue weighted by Crippen LogP contribution is 2.42. The molecule has 0 bridgehead atoms. The molecule has 236 valence electrons. The fourth-order valence-electron chi connectivity index (χ4n) is 4.61. The zero-order valence-corrected chi connectivity index (χ0v) is 25.8. The predicted octanol–water partition coefficient (Wildman–Crippen LogP) is 5.42. The molecule has 0 aliphatic carbocycles. The Morgan fingerprint density at radius 2 is 1.46 bits per heavy atom. The summed E-state index contributed by atoms with van der Waals surface area (Å²) in [5.41, 5.74) is 12.2. The van der Waals surface area contributed by atoms with Gasteiger partial charge in [0.1, 0.15) is 11.9 Å². The first kappa shape index (κ1) is 35.4. The lowest BCUT2D eigenvalue weighted by atomic mass is 10.0. The molecule has 1 unspecified atom stereocenters. The third-order valence-electron chi connectivity index (χ3n) is 6.95. The molecular formula is C28H53N6O6P. The summed E-state index contributed by atoms with van der Waals surface area (Å²) in [6.45, 7) is 3.25. The summed E-state index contributed by atoms with van der Waals surface area (Å²) in [5.74, 6) is 0.139. The summed E-state index contributed by atoms with van der Waals surface area (Å²) in [4.78, 5) is 22.2. The lowest BCUT2D eigenvalue weighted by molar-refractivity contribution is 0.0176. The number of ether oxygens (including phenoxy) is 2. The van der Waals surface area contributed by atoms with E-state index in [0.717, 1.165) is 6.42 Å². The van der Waals surface area contributed by atoms with E-state index in [2.05, 4.69) is 21.9 Å². The van der Waals surface area contributed by atoms with Crippen LogP contribution in [0.5, 0.6) is 0 Å². The summed E-state index contributed by atoms with van der Waals surface area (Å²) in [6, 6.07) is 0. The number of hydrogen-bond acceptors (Lipinski definition) is 10. The van der Waals surface area contributed by atoms with Crippen molar-refractivity contribution in [1.82, 2.24) is 19.5 Å². The van der Waals surface area contributed by atoms with Crippen molar-refractivity contribution in [2.24, 2.45) is 0 Å². The molecule has 2 atom stereocenters. The molecule has 0 amide bonds. The zero-order valence-electron chi connectivity index (χ0n) is 24.9. The first-order valence-corrected chi connectivity index (χ1v) is 17.1. The molecule has 6 N–H and O–H groups in total. The molecule has 0 aliphatic heterocycles. The fraction of sp³-hybridized carbons (Fsp3) is 0.821. The molecule has 0 aromatic carbocycles. The van der Waals surface area contributed by atoms with E-state index in [1.165, 1.54) is 89.8 Å². The van der Waals surface area contributed by atoms with Crippen LogP contribution in [-0.2, 0) is 25.1 Å². The monoisotopic (exact) mass is 600 g/mol. The van der Waals surface area contributed by atoms with Crippen LogP contribution in [0.2, 0.25) is 0 Å². The number of aromatic nitrogens is 4. The lowest BCUT2D eigenvalue weighted by Crippen LogP contribution is -2.25. The molecule has 41 heavy (non-hydrogen) atoms. The van der Waals surface area contributed by atoms with Gasteiger partial charge in [0.25, 0.3) is 0 Å². The predicted molar refractivity (Wildman–Crippen MR) is 162 cm³/mol. The minimum atomic E-state index is -3.99. The number of aliphatic hydroxyl groups excluding tert-OH is 1. The van der Waals surface area contributed by atoms with Crippen LogP contribution >= 0.6 is 7.60 Å². The number of hydrogen-bond donors (Lipinski definition) is 4. The summed E-state index contributed by atoms with van der Waals surface area (Å²) < 4.78 is 30.1. The topological polar surface area (TPSA) is 181 Å². The maximum absolute atomic E-state index is 12.3. The van der Waals surface area contributed by atoms with Gasteiger partial charge in [-0.1, -0.05) is 90.4 Å². The van der Waals surface area contributed by atoms with Crippen molar-refractivity contribution in [3.05, 3.63) is 6.33 Å². The average molecular weight is 601 g/mol. The van der Waals surface area contributed by atoms with Crippen molar-refractivity contribution in [2.75, 3.05) is 44.2 Å². The normalized spacial score (nSPS) is 14.0. The second kappa shape index (κ2) is 21.0. The Morgan fingerprint density at radius 1 is 0.878 bits per heavy atom. The molecule has 2 heterocycles. The summed E-state index contributed by atoms with van der Waals surface area (Å²) in [6.07, 6.45) is 19.1. The summed E-state index contributed by atoms with van der Waals surface area (Å²) in [7, 11) is -3.99. The molecule has 12 nitrogen and oxygen atoms in total. The lowest BCUT2D eigenvalue weighted by Gasteiger charge is -2.19. The van der Waals surface area contributed by atoms with Crippen LogP contribution in [0.3, 0.4) is 0 Å². The number of nitrogens with zero attached hydrogens (tertiary/aromatic N) is 4. The van der Waals surface area contributed by atoms with Crippen molar-refractivity contribution >= 4 is 30.5 Å². The number of nitrogen functional groups attached to an aromatic ring is 2. The number of anilines is 2.